The Balaban J connectivity index is 1.62. The Hall–Kier alpha value is -4.21. The molecule has 0 aliphatic rings. The molecule has 206 valence electrons. The molecule has 13 heteroatoms. The number of carbonyl (C=O) groups excluding carboxylic acids is 2. The molecule has 2 N–H and O–H groups in total. The first kappa shape index (κ1) is 28.8. The summed E-state index contributed by atoms with van der Waals surface area (Å²) in [4.78, 5) is 33.2. The van der Waals surface area contributed by atoms with Crippen LogP contribution in [0.3, 0.4) is 0 Å². The quantitative estimate of drug-likeness (QED) is 0.212. The van der Waals surface area contributed by atoms with Crippen molar-refractivity contribution in [3.8, 4) is 17.7 Å². The van der Waals surface area contributed by atoms with Gasteiger partial charge in [0.25, 0.3) is 5.91 Å². The average Bonchev–Trinajstić information content (AvgIpc) is 3.33. The molecular formula is C27H21ClF3N5O3S. The van der Waals surface area contributed by atoms with Gasteiger partial charge in [-0.2, -0.15) is 18.4 Å². The number of pyridine rings is 1. The maximum atomic E-state index is 13.8. The van der Waals surface area contributed by atoms with E-state index in [0.717, 1.165) is 29.5 Å². The van der Waals surface area contributed by atoms with Crippen LogP contribution < -0.4 is 15.4 Å². The molecule has 0 saturated heterocycles. The summed E-state index contributed by atoms with van der Waals surface area (Å²) in [5.74, 6) is -2.03. The highest BCUT2D eigenvalue weighted by atomic mass is 35.5. The van der Waals surface area contributed by atoms with Crippen molar-refractivity contribution in [2.45, 2.75) is 31.9 Å². The highest BCUT2D eigenvalue weighted by Crippen LogP contribution is 2.40. The van der Waals surface area contributed by atoms with Crippen LogP contribution >= 0.6 is 22.9 Å². The fourth-order valence-electron chi connectivity index (χ4n) is 3.65. The van der Waals surface area contributed by atoms with Crippen molar-refractivity contribution < 1.29 is 27.5 Å². The molecular weight excluding hydrogens is 567 g/mol. The van der Waals surface area contributed by atoms with Crippen molar-refractivity contribution in [1.82, 2.24) is 9.97 Å². The van der Waals surface area contributed by atoms with Crippen LogP contribution in [0.2, 0.25) is 0 Å². The van der Waals surface area contributed by atoms with Gasteiger partial charge in [0.2, 0.25) is 11.8 Å². The Morgan fingerprint density at radius 2 is 1.88 bits per heavy atom. The number of anilines is 2. The van der Waals surface area contributed by atoms with E-state index in [1.807, 2.05) is 6.92 Å². The lowest BCUT2D eigenvalue weighted by Gasteiger charge is -2.20. The molecule has 0 bridgehead atoms. The normalized spacial score (nSPS) is 12.8. The van der Waals surface area contributed by atoms with Crippen molar-refractivity contribution in [1.29, 1.82) is 5.26 Å². The predicted molar refractivity (Wildman–Crippen MR) is 146 cm³/mol. The standard InChI is InChI=1S/C27H21ClF3N5O3S/c1-3-26(2,14-32)16-6-4-5-15(11-16)23(38)33-17-7-8-18(27(29,30)31)20(12-17)39-22-10-9-19-24(36-22)40-25(34-19)35-21(37)13-28/h4-12H,3,13H2,1-2H3,(H,33,38)(H,34,35,37). The van der Waals surface area contributed by atoms with E-state index >= 15 is 0 Å². The summed E-state index contributed by atoms with van der Waals surface area (Å²) in [5, 5.41) is 14.9. The van der Waals surface area contributed by atoms with Crippen LogP contribution in [0.25, 0.3) is 10.3 Å². The molecule has 2 heterocycles. The number of ether oxygens (including phenoxy) is 1. The van der Waals surface area contributed by atoms with Crippen LogP contribution in [0, 0.1) is 11.3 Å². The van der Waals surface area contributed by atoms with E-state index in [0.29, 0.717) is 22.3 Å². The highest BCUT2D eigenvalue weighted by molar-refractivity contribution is 7.22. The van der Waals surface area contributed by atoms with Gasteiger partial charge in [0.15, 0.2) is 5.13 Å². The zero-order valence-corrected chi connectivity index (χ0v) is 22.7. The molecule has 4 rings (SSSR count). The molecule has 0 spiro atoms. The van der Waals surface area contributed by atoms with Crippen molar-refractivity contribution in [3.05, 3.63) is 71.3 Å². The molecule has 0 aliphatic carbocycles. The fourth-order valence-corrected chi connectivity index (χ4v) is 4.56. The van der Waals surface area contributed by atoms with Gasteiger partial charge in [0.05, 0.1) is 17.0 Å². The van der Waals surface area contributed by atoms with Gasteiger partial charge in [-0.1, -0.05) is 30.4 Å². The number of amides is 2. The minimum Gasteiger partial charge on any atom is -0.438 e. The third-order valence-electron chi connectivity index (χ3n) is 6.07. The molecule has 1 unspecified atom stereocenters. The molecule has 2 aromatic carbocycles. The summed E-state index contributed by atoms with van der Waals surface area (Å²) in [6, 6.07) is 14.6. The van der Waals surface area contributed by atoms with E-state index in [2.05, 4.69) is 26.7 Å². The van der Waals surface area contributed by atoms with Gasteiger partial charge in [-0.3, -0.25) is 9.59 Å². The first-order chi connectivity index (χ1) is 19.0. The van der Waals surface area contributed by atoms with E-state index in [4.69, 9.17) is 16.3 Å². The lowest BCUT2D eigenvalue weighted by atomic mass is 9.81. The molecule has 0 fully saturated rings. The number of benzene rings is 2. The van der Waals surface area contributed by atoms with Crippen molar-refractivity contribution in [2.24, 2.45) is 0 Å². The zero-order valence-electron chi connectivity index (χ0n) is 21.1. The molecule has 2 amide bonds. The maximum absolute atomic E-state index is 13.8. The van der Waals surface area contributed by atoms with Gasteiger partial charge in [-0.25, -0.2) is 9.97 Å². The summed E-state index contributed by atoms with van der Waals surface area (Å²) in [6.45, 7) is 3.62. The van der Waals surface area contributed by atoms with E-state index in [-0.39, 0.29) is 28.1 Å². The van der Waals surface area contributed by atoms with Crippen LogP contribution in [0.5, 0.6) is 11.6 Å². The molecule has 40 heavy (non-hydrogen) atoms. The predicted octanol–water partition coefficient (Wildman–Crippen LogP) is 7.12. The van der Waals surface area contributed by atoms with E-state index in [1.165, 1.54) is 12.1 Å². The average molecular weight is 588 g/mol. The summed E-state index contributed by atoms with van der Waals surface area (Å²) in [5.41, 5.74) is -0.518. The highest BCUT2D eigenvalue weighted by Gasteiger charge is 2.35. The number of nitrogens with zero attached hydrogens (tertiary/aromatic N) is 3. The van der Waals surface area contributed by atoms with Crippen molar-refractivity contribution in [2.75, 3.05) is 16.5 Å². The topological polar surface area (TPSA) is 117 Å². The largest absolute Gasteiger partial charge is 0.438 e. The zero-order chi connectivity index (χ0) is 29.1. The van der Waals surface area contributed by atoms with Crippen molar-refractivity contribution in [3.63, 3.8) is 0 Å². The van der Waals surface area contributed by atoms with Gasteiger partial charge in [-0.15, -0.1) is 11.6 Å². The Bertz CT molecular complexity index is 1640. The Morgan fingerprint density at radius 1 is 1.10 bits per heavy atom. The second-order valence-corrected chi connectivity index (χ2v) is 10.1. The van der Waals surface area contributed by atoms with Gasteiger partial charge in [0, 0.05) is 23.4 Å². The summed E-state index contributed by atoms with van der Waals surface area (Å²) < 4.78 is 46.8. The minimum atomic E-state index is -4.75. The second kappa shape index (κ2) is 11.5. The van der Waals surface area contributed by atoms with Crippen LogP contribution in [-0.2, 0) is 16.4 Å². The summed E-state index contributed by atoms with van der Waals surface area (Å²) >= 11 is 6.48. The molecule has 8 nitrogen and oxygen atoms in total. The number of halogens is 4. The van der Waals surface area contributed by atoms with Crippen LogP contribution in [-0.4, -0.2) is 27.7 Å². The number of aromatic nitrogens is 2. The van der Waals surface area contributed by atoms with Gasteiger partial charge >= 0.3 is 6.18 Å². The summed E-state index contributed by atoms with van der Waals surface area (Å²) in [7, 11) is 0. The van der Waals surface area contributed by atoms with Gasteiger partial charge in [-0.05, 0) is 49.2 Å². The van der Waals surface area contributed by atoms with Crippen molar-refractivity contribution >= 4 is 55.9 Å². The third kappa shape index (κ3) is 6.32. The number of thiazole rings is 1. The van der Waals surface area contributed by atoms with E-state index < -0.39 is 34.7 Å². The number of fused-ring (bicyclic) bond motifs is 1. The van der Waals surface area contributed by atoms with E-state index in [1.54, 1.807) is 31.2 Å². The Kier molecular flexibility index (Phi) is 8.27. The number of rotatable bonds is 8. The maximum Gasteiger partial charge on any atom is 0.419 e. The van der Waals surface area contributed by atoms with Crippen LogP contribution in [0.1, 0.15) is 41.8 Å². The Morgan fingerprint density at radius 3 is 2.55 bits per heavy atom. The molecule has 2 aromatic heterocycles. The van der Waals surface area contributed by atoms with E-state index in [9.17, 15) is 28.0 Å². The molecule has 0 saturated carbocycles. The number of hydrogen-bond acceptors (Lipinski definition) is 7. The molecule has 0 aliphatic heterocycles. The van der Waals surface area contributed by atoms with Gasteiger partial charge in [0.1, 0.15) is 22.0 Å². The number of carbonyl (C=O) groups is 2. The number of alkyl halides is 4. The molecule has 4 aromatic rings. The fraction of sp³-hybridized carbons (Fsp3) is 0.222. The minimum absolute atomic E-state index is 0.0573. The number of nitriles is 1. The molecule has 0 radical (unpaired) electrons. The first-order valence-electron chi connectivity index (χ1n) is 11.8. The monoisotopic (exact) mass is 587 g/mol. The number of nitrogens with one attached hydrogen (secondary N) is 2. The smallest absolute Gasteiger partial charge is 0.419 e. The SMILES string of the molecule is CCC(C)(C#N)c1cccc(C(=O)Nc2ccc(C(F)(F)F)c(Oc3ccc4nc(NC(=O)CCl)sc4n3)c2)c1. The molecule has 1 atom stereocenters. The Labute approximate surface area is 235 Å². The van der Waals surface area contributed by atoms with Crippen LogP contribution in [0.15, 0.2) is 54.6 Å². The number of hydrogen-bond donors (Lipinski definition) is 2. The third-order valence-corrected chi connectivity index (χ3v) is 7.20. The lowest BCUT2D eigenvalue weighted by molar-refractivity contribution is -0.138. The van der Waals surface area contributed by atoms with Gasteiger partial charge < -0.3 is 15.4 Å². The first-order valence-corrected chi connectivity index (χ1v) is 13.2. The van der Waals surface area contributed by atoms with Crippen LogP contribution in [0.4, 0.5) is 24.0 Å². The summed E-state index contributed by atoms with van der Waals surface area (Å²) in [6.07, 6.45) is -4.22. The second-order valence-electron chi connectivity index (χ2n) is 8.82. The lowest BCUT2D eigenvalue weighted by Crippen LogP contribution is -2.19.